The van der Waals surface area contributed by atoms with Gasteiger partial charge in [0, 0.05) is 11.8 Å². The quantitative estimate of drug-likeness (QED) is 0.309. The summed E-state index contributed by atoms with van der Waals surface area (Å²) in [6.07, 6.45) is 3.77. The highest BCUT2D eigenvalue weighted by Gasteiger charge is 2.64. The van der Waals surface area contributed by atoms with E-state index in [0.717, 1.165) is 11.1 Å². The molecular weight excluding hydrogens is 544 g/mol. The number of halogens is 2. The van der Waals surface area contributed by atoms with Gasteiger partial charge in [0.05, 0.1) is 40.2 Å². The molecule has 2 amide bonds. The van der Waals surface area contributed by atoms with Crippen molar-refractivity contribution in [2.45, 2.75) is 12.1 Å². The average molecular weight is 564 g/mol. The first kappa shape index (κ1) is 23.0. The van der Waals surface area contributed by atoms with Crippen LogP contribution in [0.4, 0.5) is 5.69 Å². The van der Waals surface area contributed by atoms with E-state index in [9.17, 15) is 14.4 Å². The molecule has 3 aromatic carbocycles. The molecule has 3 aliphatic rings. The van der Waals surface area contributed by atoms with Gasteiger partial charge in [0.2, 0.25) is 11.8 Å². The van der Waals surface area contributed by atoms with Crippen LogP contribution in [-0.2, 0) is 9.59 Å². The van der Waals surface area contributed by atoms with Crippen molar-refractivity contribution in [1.82, 2.24) is 4.90 Å². The average Bonchev–Trinajstić information content (AvgIpc) is 3.36. The fraction of sp³-hybridized carbons (Fsp3) is 0.179. The number of para-hydroxylation sites is 1. The maximum atomic E-state index is 14.0. The molecule has 0 unspecified atom stereocenters. The summed E-state index contributed by atoms with van der Waals surface area (Å²) >= 11 is 9.85. The van der Waals surface area contributed by atoms with Gasteiger partial charge in [-0.3, -0.25) is 14.4 Å². The van der Waals surface area contributed by atoms with Crippen LogP contribution in [-0.4, -0.2) is 35.6 Å². The Bertz CT molecular complexity index is 1470. The minimum atomic E-state index is -0.858. The minimum absolute atomic E-state index is 0.234. The minimum Gasteiger partial charge on any atom is -0.496 e. The first-order valence-electron chi connectivity index (χ1n) is 11.5. The number of amides is 2. The van der Waals surface area contributed by atoms with E-state index >= 15 is 0 Å². The second kappa shape index (κ2) is 8.61. The monoisotopic (exact) mass is 562 g/mol. The molecule has 180 valence electrons. The lowest BCUT2D eigenvalue weighted by Crippen LogP contribution is -2.44. The van der Waals surface area contributed by atoms with Crippen molar-refractivity contribution in [2.75, 3.05) is 12.0 Å². The van der Waals surface area contributed by atoms with Gasteiger partial charge in [0.1, 0.15) is 11.8 Å². The molecule has 6 rings (SSSR count). The zero-order valence-electron chi connectivity index (χ0n) is 19.1. The van der Waals surface area contributed by atoms with E-state index in [4.69, 9.17) is 16.3 Å². The molecular formula is C28H20BrClN2O4. The van der Waals surface area contributed by atoms with Crippen molar-refractivity contribution in [3.63, 3.8) is 0 Å². The second-order valence-electron chi connectivity index (χ2n) is 9.01. The van der Waals surface area contributed by atoms with Gasteiger partial charge in [-0.25, -0.2) is 4.90 Å². The summed E-state index contributed by atoms with van der Waals surface area (Å²) in [6, 6.07) is 18.3. The van der Waals surface area contributed by atoms with Crippen LogP contribution in [0.2, 0.25) is 5.02 Å². The number of hydrogen-bond donors (Lipinski definition) is 0. The largest absolute Gasteiger partial charge is 0.496 e. The highest BCUT2D eigenvalue weighted by atomic mass is 79.9. The van der Waals surface area contributed by atoms with Gasteiger partial charge in [-0.15, -0.1) is 0 Å². The third-order valence-electron chi connectivity index (χ3n) is 7.26. The van der Waals surface area contributed by atoms with Gasteiger partial charge in [-0.1, -0.05) is 48.0 Å². The van der Waals surface area contributed by atoms with Gasteiger partial charge in [-0.05, 0) is 63.5 Å². The van der Waals surface area contributed by atoms with E-state index in [0.29, 0.717) is 26.5 Å². The summed E-state index contributed by atoms with van der Waals surface area (Å²) in [5.74, 6) is -1.98. The van der Waals surface area contributed by atoms with E-state index in [-0.39, 0.29) is 11.7 Å². The number of Topliss-reactive ketones (excluding diaryl/α,β-unsaturated/α-hetero) is 1. The lowest BCUT2D eigenvalue weighted by Gasteiger charge is -2.35. The zero-order chi connectivity index (χ0) is 25.1. The Labute approximate surface area is 221 Å². The maximum absolute atomic E-state index is 14.0. The molecule has 0 saturated carbocycles. The summed E-state index contributed by atoms with van der Waals surface area (Å²) in [5, 5.41) is 0.307. The molecule has 36 heavy (non-hydrogen) atoms. The molecule has 0 aliphatic carbocycles. The number of carbonyl (C=O) groups excluding carboxylic acids is 3. The topological polar surface area (TPSA) is 66.9 Å². The maximum Gasteiger partial charge on any atom is 0.240 e. The zero-order valence-corrected chi connectivity index (χ0v) is 21.4. The molecule has 0 spiro atoms. The Morgan fingerprint density at radius 1 is 0.972 bits per heavy atom. The Morgan fingerprint density at radius 3 is 2.44 bits per heavy atom. The molecule has 0 aromatic heterocycles. The van der Waals surface area contributed by atoms with Gasteiger partial charge >= 0.3 is 0 Å². The summed E-state index contributed by atoms with van der Waals surface area (Å²) in [5.41, 5.74) is 2.65. The van der Waals surface area contributed by atoms with Crippen molar-refractivity contribution in [1.29, 1.82) is 0 Å². The summed E-state index contributed by atoms with van der Waals surface area (Å²) in [7, 11) is 1.55. The predicted molar refractivity (Wildman–Crippen MR) is 140 cm³/mol. The Kier molecular flexibility index (Phi) is 5.50. The van der Waals surface area contributed by atoms with Crippen molar-refractivity contribution < 1.29 is 19.1 Å². The number of imide groups is 1. The highest BCUT2D eigenvalue weighted by Crippen LogP contribution is 2.54. The predicted octanol–water partition coefficient (Wildman–Crippen LogP) is 5.51. The van der Waals surface area contributed by atoms with Gasteiger partial charge < -0.3 is 9.64 Å². The molecule has 0 bridgehead atoms. The van der Waals surface area contributed by atoms with Crippen LogP contribution >= 0.6 is 27.5 Å². The number of ether oxygens (including phenoxy) is 1. The molecule has 6 nitrogen and oxygen atoms in total. The van der Waals surface area contributed by atoms with Gasteiger partial charge in [-0.2, -0.15) is 0 Å². The van der Waals surface area contributed by atoms with Gasteiger partial charge in [0.25, 0.3) is 0 Å². The van der Waals surface area contributed by atoms with Crippen molar-refractivity contribution in [3.8, 4) is 5.75 Å². The van der Waals surface area contributed by atoms with E-state index in [1.807, 2.05) is 41.4 Å². The molecule has 0 radical (unpaired) electrons. The number of hydrogen-bond acceptors (Lipinski definition) is 5. The smallest absolute Gasteiger partial charge is 0.240 e. The Morgan fingerprint density at radius 2 is 1.69 bits per heavy atom. The normalized spacial score (nSPS) is 24.0. The number of rotatable bonds is 4. The van der Waals surface area contributed by atoms with Crippen LogP contribution in [0.1, 0.15) is 27.5 Å². The van der Waals surface area contributed by atoms with Crippen molar-refractivity contribution in [3.05, 3.63) is 99.1 Å². The van der Waals surface area contributed by atoms with E-state index in [1.165, 1.54) is 4.90 Å². The molecule has 3 aliphatic heterocycles. The summed E-state index contributed by atoms with van der Waals surface area (Å²) < 4.78 is 5.94. The lowest BCUT2D eigenvalue weighted by molar-refractivity contribution is -0.123. The van der Waals surface area contributed by atoms with Crippen LogP contribution in [0.15, 0.2) is 77.4 Å². The molecule has 2 fully saturated rings. The first-order valence-corrected chi connectivity index (χ1v) is 12.6. The summed E-state index contributed by atoms with van der Waals surface area (Å²) in [4.78, 5) is 44.9. The standard InChI is InChI=1S/C28H20BrClN2O4/c1-36-21-11-10-16(14-18(21)29)26(33)25-23-22(24-17-7-3-2-6-15(17)12-13-31(24)25)27(34)32(28(23)35)20-9-5-4-8-19(20)30/h2-14,22-25H,1H3/t22-,23-,24-,25+/m1/s1. The number of methoxy groups -OCH3 is 1. The van der Waals surface area contributed by atoms with E-state index in [2.05, 4.69) is 15.9 Å². The third kappa shape index (κ3) is 3.26. The van der Waals surface area contributed by atoms with Crippen LogP contribution in [0, 0.1) is 11.8 Å². The molecule has 3 aromatic rings. The first-order chi connectivity index (χ1) is 17.4. The Hall–Kier alpha value is -3.42. The van der Waals surface area contributed by atoms with E-state index in [1.54, 1.807) is 49.6 Å². The second-order valence-corrected chi connectivity index (χ2v) is 10.3. The van der Waals surface area contributed by atoms with Crippen LogP contribution in [0.25, 0.3) is 6.08 Å². The van der Waals surface area contributed by atoms with Crippen LogP contribution in [0.3, 0.4) is 0 Å². The number of nitrogens with zero attached hydrogens (tertiary/aromatic N) is 2. The number of anilines is 1. The number of carbonyl (C=O) groups is 3. The number of ketones is 1. The van der Waals surface area contributed by atoms with Gasteiger partial charge in [0.15, 0.2) is 5.78 Å². The molecule has 2 saturated heterocycles. The van der Waals surface area contributed by atoms with Crippen LogP contribution in [0.5, 0.6) is 5.75 Å². The molecule has 4 atom stereocenters. The Balaban J connectivity index is 1.50. The molecule has 8 heteroatoms. The third-order valence-corrected chi connectivity index (χ3v) is 8.20. The van der Waals surface area contributed by atoms with E-state index < -0.39 is 29.8 Å². The molecule has 3 heterocycles. The SMILES string of the molecule is COc1ccc(C(=O)[C@@H]2[C@@H]3C(=O)N(c4ccccc4Cl)C(=O)[C@H]3[C@H]3c4ccccc4C=CN23)cc1Br. The fourth-order valence-electron chi connectivity index (χ4n) is 5.72. The number of benzene rings is 3. The number of fused-ring (bicyclic) bond motifs is 5. The summed E-state index contributed by atoms with van der Waals surface area (Å²) in [6.45, 7) is 0. The van der Waals surface area contributed by atoms with Crippen molar-refractivity contribution >= 4 is 56.9 Å². The van der Waals surface area contributed by atoms with Crippen LogP contribution < -0.4 is 9.64 Å². The lowest BCUT2D eigenvalue weighted by atomic mass is 9.83. The van der Waals surface area contributed by atoms with Crippen molar-refractivity contribution in [2.24, 2.45) is 11.8 Å². The highest BCUT2D eigenvalue weighted by molar-refractivity contribution is 9.10. The molecule has 0 N–H and O–H groups in total. The fourth-order valence-corrected chi connectivity index (χ4v) is 6.48.